The highest BCUT2D eigenvalue weighted by molar-refractivity contribution is 5.22. The van der Waals surface area contributed by atoms with Crippen molar-refractivity contribution in [2.75, 3.05) is 11.9 Å². The Labute approximate surface area is 104 Å². The predicted octanol–water partition coefficient (Wildman–Crippen LogP) is 1.56. The summed E-state index contributed by atoms with van der Waals surface area (Å²) in [5.41, 5.74) is 0.117. The number of hydrogen-bond acceptors (Lipinski definition) is 5. The van der Waals surface area contributed by atoms with Gasteiger partial charge in [0.15, 0.2) is 0 Å². The molecule has 0 radical (unpaired) electrons. The van der Waals surface area contributed by atoms with Gasteiger partial charge < -0.3 is 9.73 Å². The molecule has 6 heteroatoms. The lowest BCUT2D eigenvalue weighted by atomic mass is 10.2. The van der Waals surface area contributed by atoms with Crippen molar-refractivity contribution < 1.29 is 4.42 Å². The quantitative estimate of drug-likeness (QED) is 0.758. The summed E-state index contributed by atoms with van der Waals surface area (Å²) in [5, 5.41) is 10.9. The summed E-state index contributed by atoms with van der Waals surface area (Å²) in [6.07, 6.45) is 4.03. The van der Waals surface area contributed by atoms with Crippen molar-refractivity contribution in [1.29, 1.82) is 0 Å². The van der Waals surface area contributed by atoms with E-state index in [-0.39, 0.29) is 5.56 Å². The van der Waals surface area contributed by atoms with Gasteiger partial charge in [-0.3, -0.25) is 9.78 Å². The van der Waals surface area contributed by atoms with Crippen molar-refractivity contribution >= 4 is 5.95 Å². The Balaban J connectivity index is 2.03. The SMILES string of the molecule is CCCCNc1nnc(Cc2ccco2)c(=O)[nH]1. The molecule has 0 bridgehead atoms. The third-order valence-corrected chi connectivity index (χ3v) is 2.51. The van der Waals surface area contributed by atoms with Gasteiger partial charge in [0.2, 0.25) is 5.95 Å². The molecule has 0 spiro atoms. The van der Waals surface area contributed by atoms with E-state index in [9.17, 15) is 4.79 Å². The number of aromatic nitrogens is 3. The highest BCUT2D eigenvalue weighted by Crippen LogP contribution is 2.04. The molecule has 18 heavy (non-hydrogen) atoms. The Morgan fingerprint density at radius 3 is 3.00 bits per heavy atom. The first kappa shape index (κ1) is 12.3. The van der Waals surface area contributed by atoms with Crippen LogP contribution in [0, 0.1) is 0 Å². The number of rotatable bonds is 6. The maximum atomic E-state index is 11.8. The average molecular weight is 248 g/mol. The molecule has 0 amide bonds. The number of furan rings is 1. The van der Waals surface area contributed by atoms with Crippen LogP contribution < -0.4 is 10.9 Å². The minimum Gasteiger partial charge on any atom is -0.469 e. The van der Waals surface area contributed by atoms with Crippen LogP contribution in [0.15, 0.2) is 27.6 Å². The van der Waals surface area contributed by atoms with Gasteiger partial charge in [0.1, 0.15) is 11.5 Å². The lowest BCUT2D eigenvalue weighted by Gasteiger charge is -2.03. The number of nitrogens with one attached hydrogen (secondary N) is 2. The Kier molecular flexibility index (Phi) is 4.11. The van der Waals surface area contributed by atoms with E-state index in [0.29, 0.717) is 23.8 Å². The molecule has 0 fully saturated rings. The van der Waals surface area contributed by atoms with E-state index in [1.165, 1.54) is 0 Å². The maximum absolute atomic E-state index is 11.8. The van der Waals surface area contributed by atoms with E-state index >= 15 is 0 Å². The monoisotopic (exact) mass is 248 g/mol. The normalized spacial score (nSPS) is 10.5. The molecule has 0 saturated carbocycles. The van der Waals surface area contributed by atoms with Gasteiger partial charge in [-0.2, -0.15) is 0 Å². The minimum atomic E-state index is -0.236. The Bertz CT molecular complexity index is 533. The van der Waals surface area contributed by atoms with E-state index in [2.05, 4.69) is 27.4 Å². The number of nitrogens with zero attached hydrogens (tertiary/aromatic N) is 2. The molecule has 0 unspecified atom stereocenters. The van der Waals surface area contributed by atoms with Gasteiger partial charge in [0.25, 0.3) is 5.56 Å². The van der Waals surface area contributed by atoms with Crippen LogP contribution in [-0.4, -0.2) is 21.7 Å². The first-order valence-corrected chi connectivity index (χ1v) is 6.01. The Morgan fingerprint density at radius 2 is 2.33 bits per heavy atom. The predicted molar refractivity (Wildman–Crippen MR) is 67.6 cm³/mol. The van der Waals surface area contributed by atoms with Crippen LogP contribution >= 0.6 is 0 Å². The average Bonchev–Trinajstić information content (AvgIpc) is 2.86. The fraction of sp³-hybridized carbons (Fsp3) is 0.417. The Hall–Kier alpha value is -2.11. The van der Waals surface area contributed by atoms with E-state index in [0.717, 1.165) is 19.4 Å². The summed E-state index contributed by atoms with van der Waals surface area (Å²) < 4.78 is 5.17. The highest BCUT2D eigenvalue weighted by atomic mass is 16.3. The standard InChI is InChI=1S/C12H16N4O2/c1-2-3-6-13-12-14-11(17)10(15-16-12)8-9-5-4-7-18-9/h4-5,7H,2-3,6,8H2,1H3,(H2,13,14,16,17). The molecular formula is C12H16N4O2. The first-order valence-electron chi connectivity index (χ1n) is 6.01. The van der Waals surface area contributed by atoms with E-state index in [4.69, 9.17) is 4.42 Å². The number of unbranched alkanes of at least 4 members (excludes halogenated alkanes) is 1. The molecule has 6 nitrogen and oxygen atoms in total. The van der Waals surface area contributed by atoms with E-state index < -0.39 is 0 Å². The zero-order chi connectivity index (χ0) is 12.8. The first-order chi connectivity index (χ1) is 8.79. The van der Waals surface area contributed by atoms with Crippen molar-refractivity contribution in [2.45, 2.75) is 26.2 Å². The second kappa shape index (κ2) is 6.00. The van der Waals surface area contributed by atoms with Gasteiger partial charge in [-0.15, -0.1) is 10.2 Å². The lowest BCUT2D eigenvalue weighted by Crippen LogP contribution is -2.20. The number of anilines is 1. The van der Waals surface area contributed by atoms with Gasteiger partial charge in [-0.05, 0) is 18.6 Å². The van der Waals surface area contributed by atoms with Crippen LogP contribution in [-0.2, 0) is 6.42 Å². The molecule has 0 aromatic carbocycles. The molecule has 0 atom stereocenters. The van der Waals surface area contributed by atoms with Gasteiger partial charge in [-0.1, -0.05) is 13.3 Å². The van der Waals surface area contributed by atoms with E-state index in [1.807, 2.05) is 0 Å². The molecule has 96 valence electrons. The van der Waals surface area contributed by atoms with Crippen molar-refractivity contribution in [3.63, 3.8) is 0 Å². The van der Waals surface area contributed by atoms with Crippen molar-refractivity contribution in [2.24, 2.45) is 0 Å². The molecule has 2 N–H and O–H groups in total. The third-order valence-electron chi connectivity index (χ3n) is 2.51. The fourth-order valence-electron chi connectivity index (χ4n) is 1.52. The molecule has 0 aliphatic carbocycles. The summed E-state index contributed by atoms with van der Waals surface area (Å²) in [7, 11) is 0. The summed E-state index contributed by atoms with van der Waals surface area (Å²) in [4.78, 5) is 14.4. The highest BCUT2D eigenvalue weighted by Gasteiger charge is 2.07. The van der Waals surface area contributed by atoms with Crippen LogP contribution in [0.2, 0.25) is 0 Å². The topological polar surface area (TPSA) is 83.8 Å². The maximum Gasteiger partial charge on any atom is 0.274 e. The smallest absolute Gasteiger partial charge is 0.274 e. The number of H-pyrrole nitrogens is 1. The lowest BCUT2D eigenvalue weighted by molar-refractivity contribution is 0.517. The van der Waals surface area contributed by atoms with Gasteiger partial charge in [-0.25, -0.2) is 0 Å². The molecule has 2 rings (SSSR count). The summed E-state index contributed by atoms with van der Waals surface area (Å²) in [6, 6.07) is 3.58. The summed E-state index contributed by atoms with van der Waals surface area (Å²) in [5.74, 6) is 1.11. The van der Waals surface area contributed by atoms with Crippen LogP contribution in [0.1, 0.15) is 31.2 Å². The zero-order valence-electron chi connectivity index (χ0n) is 10.3. The number of aromatic amines is 1. The van der Waals surface area contributed by atoms with Gasteiger partial charge in [0, 0.05) is 6.54 Å². The fourth-order valence-corrected chi connectivity index (χ4v) is 1.52. The number of hydrogen-bond donors (Lipinski definition) is 2. The van der Waals surface area contributed by atoms with Gasteiger partial charge >= 0.3 is 0 Å². The van der Waals surface area contributed by atoms with Gasteiger partial charge in [0.05, 0.1) is 12.7 Å². The minimum absolute atomic E-state index is 0.236. The molecule has 2 heterocycles. The molecule has 2 aromatic heterocycles. The molecule has 0 saturated heterocycles. The largest absolute Gasteiger partial charge is 0.469 e. The van der Waals surface area contributed by atoms with Crippen LogP contribution in [0.3, 0.4) is 0 Å². The van der Waals surface area contributed by atoms with Crippen molar-refractivity contribution in [1.82, 2.24) is 15.2 Å². The molecule has 2 aromatic rings. The Morgan fingerprint density at radius 1 is 1.44 bits per heavy atom. The molecule has 0 aliphatic rings. The van der Waals surface area contributed by atoms with Crippen molar-refractivity contribution in [3.8, 4) is 0 Å². The molecular weight excluding hydrogens is 232 g/mol. The molecule has 0 aliphatic heterocycles. The zero-order valence-corrected chi connectivity index (χ0v) is 10.3. The summed E-state index contributed by atoms with van der Waals surface area (Å²) >= 11 is 0. The second-order valence-corrected chi connectivity index (χ2v) is 3.99. The van der Waals surface area contributed by atoms with Crippen molar-refractivity contribution in [3.05, 3.63) is 40.2 Å². The summed E-state index contributed by atoms with van der Waals surface area (Å²) in [6.45, 7) is 2.88. The van der Waals surface area contributed by atoms with Crippen LogP contribution in [0.4, 0.5) is 5.95 Å². The third kappa shape index (κ3) is 3.19. The van der Waals surface area contributed by atoms with Crippen LogP contribution in [0.25, 0.3) is 0 Å². The van der Waals surface area contributed by atoms with E-state index in [1.54, 1.807) is 18.4 Å². The second-order valence-electron chi connectivity index (χ2n) is 3.99. The van der Waals surface area contributed by atoms with Crippen LogP contribution in [0.5, 0.6) is 0 Å².